The van der Waals surface area contributed by atoms with E-state index in [9.17, 15) is 9.59 Å². The van der Waals surface area contributed by atoms with Gasteiger partial charge in [0.05, 0.1) is 12.5 Å². The van der Waals surface area contributed by atoms with E-state index in [4.69, 9.17) is 9.15 Å². The van der Waals surface area contributed by atoms with Gasteiger partial charge >= 0.3 is 5.97 Å². The molecule has 1 aromatic heterocycles. The molecule has 23 heavy (non-hydrogen) atoms. The number of fused-ring (bicyclic) bond motifs is 1. The molecular formula is C18H21NO4. The molecule has 5 heteroatoms. The fourth-order valence-corrected chi connectivity index (χ4v) is 3.01. The number of piperidine rings is 1. The lowest BCUT2D eigenvalue weighted by Crippen LogP contribution is -2.42. The van der Waals surface area contributed by atoms with Crippen LogP contribution >= 0.6 is 0 Å². The number of hydrogen-bond donors (Lipinski definition) is 0. The maximum Gasteiger partial charge on any atom is 0.310 e. The van der Waals surface area contributed by atoms with Gasteiger partial charge in [0.25, 0.3) is 5.91 Å². The fourth-order valence-electron chi connectivity index (χ4n) is 3.01. The van der Waals surface area contributed by atoms with Crippen LogP contribution in [0.4, 0.5) is 0 Å². The summed E-state index contributed by atoms with van der Waals surface area (Å²) >= 11 is 0. The highest BCUT2D eigenvalue weighted by atomic mass is 16.5. The molecule has 1 fully saturated rings. The normalized spacial score (nSPS) is 18.2. The summed E-state index contributed by atoms with van der Waals surface area (Å²) in [4.78, 5) is 26.2. The van der Waals surface area contributed by atoms with Gasteiger partial charge < -0.3 is 14.1 Å². The van der Waals surface area contributed by atoms with Crippen LogP contribution in [0.1, 0.15) is 35.9 Å². The van der Waals surface area contributed by atoms with E-state index in [0.29, 0.717) is 31.0 Å². The molecule has 0 bridgehead atoms. The van der Waals surface area contributed by atoms with Crippen molar-refractivity contribution in [2.45, 2.75) is 26.7 Å². The molecule has 0 saturated carbocycles. The van der Waals surface area contributed by atoms with Crippen LogP contribution in [0.3, 0.4) is 0 Å². The van der Waals surface area contributed by atoms with Crippen LogP contribution in [0, 0.1) is 12.8 Å². The summed E-state index contributed by atoms with van der Waals surface area (Å²) in [5.74, 6) is -0.285. The number of nitrogens with zero attached hydrogens (tertiary/aromatic N) is 1. The molecule has 0 radical (unpaired) electrons. The molecule has 1 aromatic carbocycles. The van der Waals surface area contributed by atoms with Crippen LogP contribution in [0.2, 0.25) is 0 Å². The van der Waals surface area contributed by atoms with Gasteiger partial charge in [-0.1, -0.05) is 12.1 Å². The van der Waals surface area contributed by atoms with Crippen molar-refractivity contribution in [2.24, 2.45) is 5.92 Å². The zero-order chi connectivity index (χ0) is 16.4. The van der Waals surface area contributed by atoms with Gasteiger partial charge in [-0.2, -0.15) is 0 Å². The van der Waals surface area contributed by atoms with Crippen LogP contribution in [0.25, 0.3) is 11.0 Å². The van der Waals surface area contributed by atoms with Crippen LogP contribution in [0.5, 0.6) is 0 Å². The number of carbonyl (C=O) groups is 2. The smallest absolute Gasteiger partial charge is 0.310 e. The van der Waals surface area contributed by atoms with E-state index >= 15 is 0 Å². The second kappa shape index (κ2) is 6.44. The molecule has 0 aliphatic carbocycles. The Balaban J connectivity index is 1.77. The van der Waals surface area contributed by atoms with Crippen LogP contribution < -0.4 is 0 Å². The van der Waals surface area contributed by atoms with Gasteiger partial charge in [-0.25, -0.2) is 0 Å². The first kappa shape index (κ1) is 15.6. The third kappa shape index (κ3) is 3.23. The molecule has 122 valence electrons. The van der Waals surface area contributed by atoms with E-state index in [1.54, 1.807) is 17.9 Å². The molecule has 1 aliphatic heterocycles. The molecule has 1 aliphatic rings. The number of esters is 1. The van der Waals surface area contributed by atoms with Gasteiger partial charge in [0.15, 0.2) is 5.76 Å². The van der Waals surface area contributed by atoms with Gasteiger partial charge in [-0.15, -0.1) is 0 Å². The van der Waals surface area contributed by atoms with Crippen molar-refractivity contribution in [3.8, 4) is 0 Å². The van der Waals surface area contributed by atoms with Crippen LogP contribution in [-0.2, 0) is 9.53 Å². The molecule has 0 spiro atoms. The molecule has 3 rings (SSSR count). The Morgan fingerprint density at radius 2 is 2.17 bits per heavy atom. The van der Waals surface area contributed by atoms with Crippen LogP contribution in [0.15, 0.2) is 28.7 Å². The van der Waals surface area contributed by atoms with Crippen molar-refractivity contribution in [3.05, 3.63) is 35.6 Å². The maximum absolute atomic E-state index is 12.7. The Morgan fingerprint density at radius 3 is 2.96 bits per heavy atom. The number of furan rings is 1. The highest BCUT2D eigenvalue weighted by molar-refractivity contribution is 5.96. The first-order valence-electron chi connectivity index (χ1n) is 8.04. The maximum atomic E-state index is 12.7. The summed E-state index contributed by atoms with van der Waals surface area (Å²) in [6.07, 6.45) is 1.57. The Labute approximate surface area is 135 Å². The predicted octanol–water partition coefficient (Wildman–Crippen LogP) is 3.16. The number of rotatable bonds is 3. The fraction of sp³-hybridized carbons (Fsp3) is 0.444. The third-order valence-electron chi connectivity index (χ3n) is 4.21. The lowest BCUT2D eigenvalue weighted by molar-refractivity contribution is -0.149. The highest BCUT2D eigenvalue weighted by Crippen LogP contribution is 2.24. The topological polar surface area (TPSA) is 59.8 Å². The standard InChI is InChI=1S/C18H21NO4/c1-3-22-18(21)14-5-4-8-19(11-14)17(20)16-10-13-7-6-12(2)9-15(13)23-16/h6-7,9-10,14H,3-5,8,11H2,1-2H3. The number of hydrogen-bond acceptors (Lipinski definition) is 4. The summed E-state index contributed by atoms with van der Waals surface area (Å²) in [5, 5.41) is 0.915. The van der Waals surface area contributed by atoms with E-state index in [1.807, 2.05) is 25.1 Å². The van der Waals surface area contributed by atoms with Gasteiger partial charge in [0, 0.05) is 18.5 Å². The van der Waals surface area contributed by atoms with Gasteiger partial charge in [-0.3, -0.25) is 9.59 Å². The number of aryl methyl sites for hydroxylation is 1. The van der Waals surface area contributed by atoms with Crippen molar-refractivity contribution < 1.29 is 18.7 Å². The van der Waals surface area contributed by atoms with E-state index < -0.39 is 0 Å². The lowest BCUT2D eigenvalue weighted by Gasteiger charge is -2.30. The Morgan fingerprint density at radius 1 is 1.35 bits per heavy atom. The molecule has 1 saturated heterocycles. The number of ether oxygens (including phenoxy) is 1. The zero-order valence-corrected chi connectivity index (χ0v) is 13.5. The van der Waals surface area contributed by atoms with Crippen molar-refractivity contribution in [1.29, 1.82) is 0 Å². The van der Waals surface area contributed by atoms with Crippen molar-refractivity contribution in [3.63, 3.8) is 0 Å². The molecular weight excluding hydrogens is 294 g/mol. The minimum Gasteiger partial charge on any atom is -0.466 e. The van der Waals surface area contributed by atoms with E-state index in [2.05, 4.69) is 0 Å². The number of benzene rings is 1. The second-order valence-corrected chi connectivity index (χ2v) is 5.99. The SMILES string of the molecule is CCOC(=O)C1CCCN(C(=O)c2cc3ccc(C)cc3o2)C1. The summed E-state index contributed by atoms with van der Waals surface area (Å²) in [6, 6.07) is 7.63. The summed E-state index contributed by atoms with van der Waals surface area (Å²) in [7, 11) is 0. The van der Waals surface area contributed by atoms with Gasteiger partial charge in [0.1, 0.15) is 5.58 Å². The Hall–Kier alpha value is -2.30. The summed E-state index contributed by atoms with van der Waals surface area (Å²) in [5.41, 5.74) is 1.80. The monoisotopic (exact) mass is 315 g/mol. The Kier molecular flexibility index (Phi) is 4.37. The van der Waals surface area contributed by atoms with Crippen molar-refractivity contribution in [2.75, 3.05) is 19.7 Å². The number of likely N-dealkylation sites (tertiary alicyclic amines) is 1. The molecule has 5 nitrogen and oxygen atoms in total. The number of carbonyl (C=O) groups excluding carboxylic acids is 2. The second-order valence-electron chi connectivity index (χ2n) is 5.99. The third-order valence-corrected chi connectivity index (χ3v) is 4.21. The zero-order valence-electron chi connectivity index (χ0n) is 13.5. The lowest BCUT2D eigenvalue weighted by atomic mass is 9.98. The first-order chi connectivity index (χ1) is 11.1. The predicted molar refractivity (Wildman–Crippen MR) is 86.2 cm³/mol. The first-order valence-corrected chi connectivity index (χ1v) is 8.04. The van der Waals surface area contributed by atoms with E-state index in [-0.39, 0.29) is 17.8 Å². The number of amides is 1. The molecule has 1 amide bonds. The average Bonchev–Trinajstić information content (AvgIpc) is 2.97. The largest absolute Gasteiger partial charge is 0.466 e. The minimum absolute atomic E-state index is 0.159. The summed E-state index contributed by atoms with van der Waals surface area (Å²) < 4.78 is 10.8. The molecule has 0 N–H and O–H groups in total. The molecule has 2 aromatic rings. The highest BCUT2D eigenvalue weighted by Gasteiger charge is 2.31. The van der Waals surface area contributed by atoms with E-state index in [0.717, 1.165) is 23.8 Å². The molecule has 1 atom stereocenters. The summed E-state index contributed by atoms with van der Waals surface area (Å²) in [6.45, 7) is 5.18. The quantitative estimate of drug-likeness (QED) is 0.816. The van der Waals surface area contributed by atoms with E-state index in [1.165, 1.54) is 0 Å². The minimum atomic E-state index is -0.237. The van der Waals surface area contributed by atoms with Crippen molar-refractivity contribution >= 4 is 22.8 Å². The van der Waals surface area contributed by atoms with Crippen LogP contribution in [-0.4, -0.2) is 36.5 Å². The Bertz CT molecular complexity index is 734. The average molecular weight is 315 g/mol. The van der Waals surface area contributed by atoms with Gasteiger partial charge in [0.2, 0.25) is 0 Å². The molecule has 1 unspecified atom stereocenters. The van der Waals surface area contributed by atoms with Crippen molar-refractivity contribution in [1.82, 2.24) is 4.90 Å². The molecule has 2 heterocycles. The van der Waals surface area contributed by atoms with Gasteiger partial charge in [-0.05, 0) is 44.4 Å².